The van der Waals surface area contributed by atoms with Crippen LogP contribution in [0, 0.1) is 0 Å². The molecule has 0 aromatic carbocycles. The Bertz CT molecular complexity index is 768. The Balaban J connectivity index is 0.000000570. The van der Waals surface area contributed by atoms with Gasteiger partial charge in [-0.2, -0.15) is 0 Å². The second-order valence-corrected chi connectivity index (χ2v) is 10.1. The van der Waals surface area contributed by atoms with E-state index in [1.54, 1.807) is 0 Å². The van der Waals surface area contributed by atoms with E-state index in [-0.39, 0.29) is 0 Å². The van der Waals surface area contributed by atoms with Crippen LogP contribution < -0.4 is 9.13 Å². The van der Waals surface area contributed by atoms with Gasteiger partial charge >= 0.3 is 77.6 Å². The molecule has 2 aromatic rings. The molecule has 0 spiro atoms. The van der Waals surface area contributed by atoms with Crippen molar-refractivity contribution in [2.75, 3.05) is 0 Å². The molecule has 0 atom stereocenters. The number of nitrogens with zero attached hydrogens (tertiary/aromatic N) is 4. The molecule has 0 radical (unpaired) electrons. The van der Waals surface area contributed by atoms with Gasteiger partial charge in [0.15, 0.2) is 0 Å². The van der Waals surface area contributed by atoms with E-state index in [1.807, 2.05) is 0 Å². The molecule has 0 saturated heterocycles. The molecule has 2 aromatic heterocycles. The molecule has 0 bridgehead atoms. The Hall–Kier alpha value is -1.56. The van der Waals surface area contributed by atoms with Crippen molar-refractivity contribution >= 4 is 15.6 Å². The van der Waals surface area contributed by atoms with E-state index >= 15 is 0 Å². The van der Waals surface area contributed by atoms with E-state index in [0.717, 1.165) is 26.2 Å². The summed E-state index contributed by atoms with van der Waals surface area (Å²) in [5.74, 6) is 2.60. The van der Waals surface area contributed by atoms with Gasteiger partial charge in [0.25, 0.3) is 0 Å². The van der Waals surface area contributed by atoms with Gasteiger partial charge in [-0.1, -0.05) is 0 Å². The number of aromatic nitrogens is 4. The van der Waals surface area contributed by atoms with Crippen molar-refractivity contribution in [2.45, 2.75) is 53.9 Å². The fraction of sp³-hybridized carbons (Fsp3) is 0.571. The third-order valence-corrected chi connectivity index (χ3v) is 3.50. The van der Waals surface area contributed by atoms with Crippen LogP contribution in [0.4, 0.5) is 50.4 Å². The van der Waals surface area contributed by atoms with Gasteiger partial charge < -0.3 is 0 Å². The number of hydrogen-bond acceptors (Lipinski definition) is 0. The molecule has 0 amide bonds. The summed E-state index contributed by atoms with van der Waals surface area (Å²) in [5, 5.41) is 0. The molecule has 194 valence electrons. The summed E-state index contributed by atoms with van der Waals surface area (Å²) in [4.78, 5) is 0. The van der Waals surface area contributed by atoms with Crippen LogP contribution in [0.15, 0.2) is 24.8 Å². The minimum absolute atomic E-state index is 1.00. The molecule has 0 aliphatic rings. The SMILES string of the molecule is CCn1cc[n+](CC)c1-c1n(CC)cc[n+]1CC.F[P-](F)(F)(F)(F)F.F[P-](F)(F)(F)(F)F. The van der Waals surface area contributed by atoms with Crippen molar-refractivity contribution < 1.29 is 59.5 Å². The third-order valence-electron chi connectivity index (χ3n) is 3.50. The number of aryl methyl sites for hydroxylation is 4. The fourth-order valence-electron chi connectivity index (χ4n) is 2.47. The second-order valence-electron chi connectivity index (χ2n) is 6.30. The Morgan fingerprint density at radius 3 is 0.938 bits per heavy atom. The minimum atomic E-state index is -10.7. The first-order chi connectivity index (χ1) is 13.7. The van der Waals surface area contributed by atoms with E-state index in [1.165, 1.54) is 11.6 Å². The molecule has 0 saturated carbocycles. The molecular weight excluding hydrogens is 514 g/mol. The third kappa shape index (κ3) is 16.1. The zero-order valence-electron chi connectivity index (χ0n) is 17.4. The summed E-state index contributed by atoms with van der Waals surface area (Å²) in [7, 11) is -21.3. The molecule has 0 aliphatic carbocycles. The quantitative estimate of drug-likeness (QED) is 0.207. The normalized spacial score (nSPS) is 16.4. The van der Waals surface area contributed by atoms with E-state index in [2.05, 4.69) is 70.8 Å². The molecule has 32 heavy (non-hydrogen) atoms. The zero-order chi connectivity index (χ0) is 25.9. The first kappa shape index (κ1) is 30.4. The van der Waals surface area contributed by atoms with Crippen LogP contribution in [-0.4, -0.2) is 9.13 Å². The number of imidazole rings is 2. The molecule has 2 heterocycles. The number of rotatable bonds is 5. The van der Waals surface area contributed by atoms with E-state index < -0.39 is 15.6 Å². The van der Waals surface area contributed by atoms with Gasteiger partial charge in [0, 0.05) is 0 Å². The molecular formula is C14H24F12N4P2. The van der Waals surface area contributed by atoms with Crippen molar-refractivity contribution in [3.05, 3.63) is 24.8 Å². The number of hydrogen-bond donors (Lipinski definition) is 0. The first-order valence-corrected chi connectivity index (χ1v) is 13.0. The van der Waals surface area contributed by atoms with Gasteiger partial charge in [0.2, 0.25) is 0 Å². The van der Waals surface area contributed by atoms with Crippen LogP contribution in [0.25, 0.3) is 11.6 Å². The molecule has 0 unspecified atom stereocenters. The Labute approximate surface area is 175 Å². The Morgan fingerprint density at radius 2 is 0.781 bits per heavy atom. The van der Waals surface area contributed by atoms with Crippen molar-refractivity contribution in [3.8, 4) is 11.6 Å². The summed E-state index contributed by atoms with van der Waals surface area (Å²) in [6.45, 7) is 12.8. The predicted molar refractivity (Wildman–Crippen MR) is 98.1 cm³/mol. The van der Waals surface area contributed by atoms with Gasteiger partial charge in [-0.05, 0) is 27.7 Å². The Kier molecular flexibility index (Phi) is 7.64. The van der Waals surface area contributed by atoms with E-state index in [9.17, 15) is 50.4 Å². The molecule has 0 fully saturated rings. The van der Waals surface area contributed by atoms with Gasteiger partial charge in [0.05, 0.1) is 26.2 Å². The number of halogens is 12. The molecule has 0 N–H and O–H groups in total. The zero-order valence-corrected chi connectivity index (χ0v) is 19.1. The van der Waals surface area contributed by atoms with Crippen LogP contribution in [-0.2, 0) is 26.2 Å². The summed E-state index contributed by atoms with van der Waals surface area (Å²) >= 11 is 0. The van der Waals surface area contributed by atoms with Crippen molar-refractivity contribution in [2.24, 2.45) is 0 Å². The van der Waals surface area contributed by atoms with Gasteiger partial charge in [-0.15, -0.1) is 0 Å². The average Bonchev–Trinajstić information content (AvgIpc) is 3.10. The predicted octanol–water partition coefficient (Wildman–Crippen LogP) is 8.38. The standard InChI is InChI=1S/C14H24N4.2F6P/c1-5-15-9-10-16(6-2)13(15)14-17(7-3)11-12-18(14)8-4;2*1-7(2,3,4,5)6/h9-12H,5-8H2,1-4H3;;/q+2;2*-1. The molecule has 18 heteroatoms. The molecule has 0 aliphatic heterocycles. The van der Waals surface area contributed by atoms with Gasteiger partial charge in [-0.25, -0.2) is 18.3 Å². The second kappa shape index (κ2) is 8.03. The van der Waals surface area contributed by atoms with Crippen LogP contribution in [0.2, 0.25) is 0 Å². The van der Waals surface area contributed by atoms with Crippen LogP contribution in [0.5, 0.6) is 0 Å². The van der Waals surface area contributed by atoms with Crippen LogP contribution in [0.3, 0.4) is 0 Å². The summed E-state index contributed by atoms with van der Waals surface area (Å²) in [6.07, 6.45) is 8.69. The molecule has 2 rings (SSSR count). The van der Waals surface area contributed by atoms with Gasteiger partial charge in [0.1, 0.15) is 24.8 Å². The Morgan fingerprint density at radius 1 is 0.562 bits per heavy atom. The van der Waals surface area contributed by atoms with Gasteiger partial charge in [-0.3, -0.25) is 0 Å². The maximum atomic E-state index is 9.87. The van der Waals surface area contributed by atoms with Crippen molar-refractivity contribution in [3.63, 3.8) is 0 Å². The summed E-state index contributed by atoms with van der Waals surface area (Å²) < 4.78 is 128. The van der Waals surface area contributed by atoms with Crippen molar-refractivity contribution in [1.29, 1.82) is 0 Å². The molecule has 4 nitrogen and oxygen atoms in total. The monoisotopic (exact) mass is 538 g/mol. The fourth-order valence-corrected chi connectivity index (χ4v) is 2.47. The summed E-state index contributed by atoms with van der Waals surface area (Å²) in [5.41, 5.74) is 0. The topological polar surface area (TPSA) is 17.6 Å². The van der Waals surface area contributed by atoms with E-state index in [4.69, 9.17) is 0 Å². The average molecular weight is 538 g/mol. The maximum absolute atomic E-state index is 10.7. The van der Waals surface area contributed by atoms with Crippen LogP contribution in [0.1, 0.15) is 27.7 Å². The van der Waals surface area contributed by atoms with E-state index in [0.29, 0.717) is 0 Å². The van der Waals surface area contributed by atoms with Crippen molar-refractivity contribution in [1.82, 2.24) is 9.13 Å². The summed E-state index contributed by atoms with van der Waals surface area (Å²) in [6, 6.07) is 0. The first-order valence-electron chi connectivity index (χ1n) is 8.97. The van der Waals surface area contributed by atoms with Crippen LogP contribution >= 0.6 is 15.6 Å².